The van der Waals surface area contributed by atoms with Gasteiger partial charge in [-0.2, -0.15) is 0 Å². The van der Waals surface area contributed by atoms with Crippen LogP contribution in [0.25, 0.3) is 0 Å². The quantitative estimate of drug-likeness (QED) is 0.315. The van der Waals surface area contributed by atoms with Crippen molar-refractivity contribution in [3.8, 4) is 0 Å². The Morgan fingerprint density at radius 3 is 2.47 bits per heavy atom. The van der Waals surface area contributed by atoms with Crippen LogP contribution in [-0.4, -0.2) is 50.3 Å². The topological polar surface area (TPSA) is 48.9 Å². The highest BCUT2D eigenvalue weighted by molar-refractivity contribution is 14.0. The number of hydrogen-bond donors (Lipinski definition) is 2. The molecule has 1 aliphatic heterocycles. The maximum atomic E-state index is 5.44. The summed E-state index contributed by atoms with van der Waals surface area (Å²) < 4.78 is 5.44. The molecule has 5 nitrogen and oxygen atoms in total. The van der Waals surface area contributed by atoms with Crippen LogP contribution in [-0.2, 0) is 24.2 Å². The second kappa shape index (κ2) is 13.6. The zero-order chi connectivity index (χ0) is 20.3. The second-order valence-corrected chi connectivity index (χ2v) is 7.70. The summed E-state index contributed by atoms with van der Waals surface area (Å²) in [4.78, 5) is 6.84. The molecule has 164 valence electrons. The Kier molecular flexibility index (Phi) is 11.2. The Bertz CT molecular complexity index is 763. The molecule has 0 spiro atoms. The van der Waals surface area contributed by atoms with Gasteiger partial charge in [0.15, 0.2) is 5.96 Å². The summed E-state index contributed by atoms with van der Waals surface area (Å²) in [5.41, 5.74) is 4.00. The van der Waals surface area contributed by atoms with Crippen LogP contribution in [0, 0.1) is 0 Å². The van der Waals surface area contributed by atoms with Crippen molar-refractivity contribution >= 4 is 29.9 Å². The molecule has 0 amide bonds. The fraction of sp³-hybridized carbons (Fsp3) is 0.458. The number of nitrogens with one attached hydrogen (secondary N) is 2. The molecule has 0 radical (unpaired) electrons. The van der Waals surface area contributed by atoms with Gasteiger partial charge in [-0.15, -0.1) is 24.0 Å². The minimum absolute atomic E-state index is 0. The molecule has 0 saturated carbocycles. The first-order valence-electron chi connectivity index (χ1n) is 10.6. The normalized spacial score (nSPS) is 15.9. The number of guanidine groups is 1. The van der Waals surface area contributed by atoms with Gasteiger partial charge in [0.25, 0.3) is 0 Å². The monoisotopic (exact) mass is 522 g/mol. The largest absolute Gasteiger partial charge is 0.379 e. The van der Waals surface area contributed by atoms with E-state index in [-0.39, 0.29) is 24.0 Å². The highest BCUT2D eigenvalue weighted by atomic mass is 127. The maximum absolute atomic E-state index is 5.44. The SMILES string of the molecule is CN=C(NCc1cccc(CN2CCOCC2)c1)NC(C)CCc1ccccc1.I. The van der Waals surface area contributed by atoms with E-state index in [0.29, 0.717) is 6.04 Å². The third-order valence-corrected chi connectivity index (χ3v) is 5.28. The van der Waals surface area contributed by atoms with Gasteiger partial charge in [-0.3, -0.25) is 9.89 Å². The Hall–Kier alpha value is -1.64. The summed E-state index contributed by atoms with van der Waals surface area (Å²) in [5.74, 6) is 0.851. The van der Waals surface area contributed by atoms with Crippen molar-refractivity contribution in [3.63, 3.8) is 0 Å². The fourth-order valence-corrected chi connectivity index (χ4v) is 3.57. The average Bonchev–Trinajstić information content (AvgIpc) is 2.77. The number of halogens is 1. The predicted molar refractivity (Wildman–Crippen MR) is 136 cm³/mol. The van der Waals surface area contributed by atoms with E-state index >= 15 is 0 Å². The van der Waals surface area contributed by atoms with E-state index in [1.165, 1.54) is 16.7 Å². The van der Waals surface area contributed by atoms with Gasteiger partial charge in [0.1, 0.15) is 0 Å². The van der Waals surface area contributed by atoms with E-state index in [1.54, 1.807) is 0 Å². The van der Waals surface area contributed by atoms with E-state index in [1.807, 2.05) is 7.05 Å². The Morgan fingerprint density at radius 1 is 1.03 bits per heavy atom. The lowest BCUT2D eigenvalue weighted by Gasteiger charge is -2.26. The highest BCUT2D eigenvalue weighted by Crippen LogP contribution is 2.10. The molecule has 1 unspecified atom stereocenters. The summed E-state index contributed by atoms with van der Waals surface area (Å²) >= 11 is 0. The van der Waals surface area contributed by atoms with Crippen molar-refractivity contribution in [2.24, 2.45) is 4.99 Å². The van der Waals surface area contributed by atoms with Gasteiger partial charge in [-0.25, -0.2) is 0 Å². The Morgan fingerprint density at radius 2 is 1.73 bits per heavy atom. The van der Waals surface area contributed by atoms with Crippen LogP contribution in [0.15, 0.2) is 59.6 Å². The van der Waals surface area contributed by atoms with Gasteiger partial charge < -0.3 is 15.4 Å². The maximum Gasteiger partial charge on any atom is 0.191 e. The summed E-state index contributed by atoms with van der Waals surface area (Å²) in [5, 5.41) is 6.96. The minimum atomic E-state index is 0. The van der Waals surface area contributed by atoms with Crippen LogP contribution in [0.3, 0.4) is 0 Å². The highest BCUT2D eigenvalue weighted by Gasteiger charge is 2.11. The van der Waals surface area contributed by atoms with Crippen molar-refractivity contribution in [1.29, 1.82) is 0 Å². The molecule has 1 aliphatic rings. The molecule has 3 rings (SSSR count). The van der Waals surface area contributed by atoms with Crippen LogP contribution in [0.1, 0.15) is 30.0 Å². The first-order valence-corrected chi connectivity index (χ1v) is 10.6. The van der Waals surface area contributed by atoms with Gasteiger partial charge >= 0.3 is 0 Å². The number of benzene rings is 2. The fourth-order valence-electron chi connectivity index (χ4n) is 3.57. The van der Waals surface area contributed by atoms with Gasteiger partial charge in [0.05, 0.1) is 13.2 Å². The van der Waals surface area contributed by atoms with Gasteiger partial charge in [0, 0.05) is 39.3 Å². The van der Waals surface area contributed by atoms with E-state index < -0.39 is 0 Å². The first-order chi connectivity index (χ1) is 14.2. The van der Waals surface area contributed by atoms with E-state index in [4.69, 9.17) is 4.74 Å². The zero-order valence-corrected chi connectivity index (χ0v) is 20.5. The molecule has 1 fully saturated rings. The van der Waals surface area contributed by atoms with E-state index in [0.717, 1.165) is 58.2 Å². The van der Waals surface area contributed by atoms with Crippen LogP contribution in [0.2, 0.25) is 0 Å². The molecule has 2 aromatic carbocycles. The first kappa shape index (κ1) is 24.6. The predicted octanol–water partition coefficient (Wildman–Crippen LogP) is 3.82. The molecule has 2 N–H and O–H groups in total. The second-order valence-electron chi connectivity index (χ2n) is 7.70. The van der Waals surface area contributed by atoms with Gasteiger partial charge in [-0.05, 0) is 36.5 Å². The van der Waals surface area contributed by atoms with E-state index in [9.17, 15) is 0 Å². The molecule has 1 atom stereocenters. The van der Waals surface area contributed by atoms with Crippen LogP contribution in [0.4, 0.5) is 0 Å². The van der Waals surface area contributed by atoms with Crippen molar-refractivity contribution in [2.75, 3.05) is 33.4 Å². The Labute approximate surface area is 198 Å². The van der Waals surface area contributed by atoms with Crippen molar-refractivity contribution in [2.45, 2.75) is 38.9 Å². The molecular weight excluding hydrogens is 487 g/mol. The number of hydrogen-bond acceptors (Lipinski definition) is 3. The summed E-state index contributed by atoms with van der Waals surface area (Å²) in [6.45, 7) is 7.67. The smallest absolute Gasteiger partial charge is 0.191 e. The number of aliphatic imine (C=N–C) groups is 1. The van der Waals surface area contributed by atoms with Crippen LogP contribution in [0.5, 0.6) is 0 Å². The Balaban J connectivity index is 0.00000320. The number of ether oxygens (including phenoxy) is 1. The lowest BCUT2D eigenvalue weighted by atomic mass is 10.1. The number of rotatable bonds is 8. The third kappa shape index (κ3) is 8.62. The van der Waals surface area contributed by atoms with Crippen LogP contribution < -0.4 is 10.6 Å². The molecule has 30 heavy (non-hydrogen) atoms. The number of nitrogens with zero attached hydrogens (tertiary/aromatic N) is 2. The molecule has 1 heterocycles. The average molecular weight is 522 g/mol. The molecule has 6 heteroatoms. The van der Waals surface area contributed by atoms with E-state index in [2.05, 4.69) is 82.0 Å². The molecule has 0 aromatic heterocycles. The van der Waals surface area contributed by atoms with Gasteiger partial charge in [-0.1, -0.05) is 54.6 Å². The van der Waals surface area contributed by atoms with Crippen molar-refractivity contribution in [3.05, 3.63) is 71.3 Å². The zero-order valence-electron chi connectivity index (χ0n) is 18.1. The van der Waals surface area contributed by atoms with Crippen molar-refractivity contribution < 1.29 is 4.74 Å². The van der Waals surface area contributed by atoms with Crippen molar-refractivity contribution in [1.82, 2.24) is 15.5 Å². The number of morpholine rings is 1. The van der Waals surface area contributed by atoms with Gasteiger partial charge in [0.2, 0.25) is 0 Å². The molecule has 1 saturated heterocycles. The lowest BCUT2D eigenvalue weighted by molar-refractivity contribution is 0.0342. The summed E-state index contributed by atoms with van der Waals surface area (Å²) in [6, 6.07) is 19.8. The summed E-state index contributed by atoms with van der Waals surface area (Å²) in [7, 11) is 1.83. The summed E-state index contributed by atoms with van der Waals surface area (Å²) in [6.07, 6.45) is 2.13. The molecule has 0 aliphatic carbocycles. The van der Waals surface area contributed by atoms with Crippen LogP contribution >= 0.6 is 24.0 Å². The molecule has 0 bridgehead atoms. The lowest BCUT2D eigenvalue weighted by Crippen LogP contribution is -2.42. The molecular formula is C24H35IN4O. The minimum Gasteiger partial charge on any atom is -0.379 e. The third-order valence-electron chi connectivity index (χ3n) is 5.28. The molecule has 2 aromatic rings. The number of aryl methyl sites for hydroxylation is 1. The standard InChI is InChI=1S/C24H34N4O.HI/c1-20(11-12-21-7-4-3-5-8-21)27-24(25-2)26-18-22-9-6-10-23(17-22)19-28-13-15-29-16-14-28;/h3-10,17,20H,11-16,18-19H2,1-2H3,(H2,25,26,27);1H.